The van der Waals surface area contributed by atoms with Crippen LogP contribution < -0.4 is 0 Å². The lowest BCUT2D eigenvalue weighted by Crippen LogP contribution is -2.50. The third-order valence-electron chi connectivity index (χ3n) is 4.33. The highest BCUT2D eigenvalue weighted by Gasteiger charge is 2.25. The van der Waals surface area contributed by atoms with Gasteiger partial charge in [-0.25, -0.2) is 0 Å². The maximum atomic E-state index is 8.39. The second kappa shape index (κ2) is 6.55. The van der Waals surface area contributed by atoms with Gasteiger partial charge in [0.2, 0.25) is 0 Å². The van der Waals surface area contributed by atoms with E-state index in [2.05, 4.69) is 23.6 Å². The van der Waals surface area contributed by atoms with E-state index in [4.69, 9.17) is 5.41 Å². The number of amidine groups is 1. The number of piperazine rings is 1. The molecular formula is C15H29N3. The van der Waals surface area contributed by atoms with Gasteiger partial charge < -0.3 is 4.90 Å². The van der Waals surface area contributed by atoms with E-state index in [1.165, 1.54) is 38.6 Å². The van der Waals surface area contributed by atoms with Crippen LogP contribution in [-0.2, 0) is 0 Å². The van der Waals surface area contributed by atoms with Crippen molar-refractivity contribution in [1.82, 2.24) is 9.80 Å². The molecule has 1 aliphatic heterocycles. The van der Waals surface area contributed by atoms with Gasteiger partial charge in [-0.05, 0) is 18.8 Å². The smallest absolute Gasteiger partial charge is 0.0990 e. The number of nitrogens with one attached hydrogen (secondary N) is 1. The van der Waals surface area contributed by atoms with E-state index < -0.39 is 0 Å². The van der Waals surface area contributed by atoms with Crippen molar-refractivity contribution in [2.24, 2.45) is 11.8 Å². The molecule has 1 saturated heterocycles. The van der Waals surface area contributed by atoms with Gasteiger partial charge in [0.1, 0.15) is 0 Å². The average molecular weight is 251 g/mol. The summed E-state index contributed by atoms with van der Waals surface area (Å²) in [7, 11) is 0. The monoisotopic (exact) mass is 251 g/mol. The van der Waals surface area contributed by atoms with E-state index in [0.717, 1.165) is 37.9 Å². The Hall–Kier alpha value is -0.570. The van der Waals surface area contributed by atoms with Crippen LogP contribution in [0.1, 0.15) is 46.0 Å². The third-order valence-corrected chi connectivity index (χ3v) is 4.33. The maximum Gasteiger partial charge on any atom is 0.0990 e. The average Bonchev–Trinajstić information content (AvgIpc) is 2.39. The molecule has 1 aliphatic carbocycles. The Morgan fingerprint density at radius 3 is 2.22 bits per heavy atom. The van der Waals surface area contributed by atoms with Crippen LogP contribution in [0.15, 0.2) is 0 Å². The van der Waals surface area contributed by atoms with Crippen LogP contribution in [-0.4, -0.2) is 48.4 Å². The van der Waals surface area contributed by atoms with E-state index in [9.17, 15) is 0 Å². The van der Waals surface area contributed by atoms with Crippen LogP contribution in [0.3, 0.4) is 0 Å². The van der Waals surface area contributed by atoms with Crippen molar-refractivity contribution >= 4 is 5.84 Å². The first-order valence-electron chi connectivity index (χ1n) is 7.72. The maximum absolute atomic E-state index is 8.39. The molecule has 104 valence electrons. The van der Waals surface area contributed by atoms with E-state index in [0.29, 0.717) is 5.92 Å². The zero-order valence-corrected chi connectivity index (χ0v) is 12.1. The molecule has 0 unspecified atom stereocenters. The van der Waals surface area contributed by atoms with Crippen LogP contribution in [0.2, 0.25) is 0 Å². The fraction of sp³-hybridized carbons (Fsp3) is 0.933. The second-order valence-electron chi connectivity index (χ2n) is 6.40. The van der Waals surface area contributed by atoms with Crippen molar-refractivity contribution < 1.29 is 0 Å². The summed E-state index contributed by atoms with van der Waals surface area (Å²) in [4.78, 5) is 4.89. The summed E-state index contributed by atoms with van der Waals surface area (Å²) in [5.41, 5.74) is 0. The normalized spacial score (nSPS) is 23.6. The van der Waals surface area contributed by atoms with Gasteiger partial charge in [0, 0.05) is 38.6 Å². The van der Waals surface area contributed by atoms with Crippen LogP contribution in [0.5, 0.6) is 0 Å². The zero-order chi connectivity index (χ0) is 13.0. The van der Waals surface area contributed by atoms with Crippen LogP contribution in [0.4, 0.5) is 0 Å². The highest BCUT2D eigenvalue weighted by Crippen LogP contribution is 2.26. The van der Waals surface area contributed by atoms with E-state index in [-0.39, 0.29) is 0 Å². The SMILES string of the molecule is CC(C)CN1CCN(C(=N)C2CCCCC2)CC1. The first-order valence-corrected chi connectivity index (χ1v) is 7.72. The summed E-state index contributed by atoms with van der Waals surface area (Å²) in [6.07, 6.45) is 6.56. The summed E-state index contributed by atoms with van der Waals surface area (Å²) >= 11 is 0. The van der Waals surface area contributed by atoms with Crippen LogP contribution >= 0.6 is 0 Å². The number of rotatable bonds is 3. The topological polar surface area (TPSA) is 30.3 Å². The lowest BCUT2D eigenvalue weighted by atomic mass is 9.88. The first-order chi connectivity index (χ1) is 8.66. The molecule has 0 spiro atoms. The summed E-state index contributed by atoms with van der Waals surface area (Å²) in [6.45, 7) is 10.2. The Morgan fingerprint density at radius 1 is 1.06 bits per heavy atom. The van der Waals surface area contributed by atoms with Crippen molar-refractivity contribution in [2.75, 3.05) is 32.7 Å². The lowest BCUT2D eigenvalue weighted by Gasteiger charge is -2.39. The Morgan fingerprint density at radius 2 is 1.67 bits per heavy atom. The van der Waals surface area contributed by atoms with Crippen molar-refractivity contribution in [3.05, 3.63) is 0 Å². The minimum atomic E-state index is 0.565. The molecule has 1 saturated carbocycles. The first kappa shape index (κ1) is 13.9. The predicted molar refractivity (Wildman–Crippen MR) is 77.2 cm³/mol. The molecule has 0 amide bonds. The van der Waals surface area contributed by atoms with Gasteiger partial charge in [-0.3, -0.25) is 10.3 Å². The van der Waals surface area contributed by atoms with Gasteiger partial charge in [-0.15, -0.1) is 0 Å². The molecule has 0 aromatic heterocycles. The number of nitrogens with zero attached hydrogens (tertiary/aromatic N) is 2. The molecular weight excluding hydrogens is 222 g/mol. The zero-order valence-electron chi connectivity index (χ0n) is 12.1. The lowest BCUT2D eigenvalue weighted by molar-refractivity contribution is 0.160. The predicted octanol–water partition coefficient (Wildman–Crippen LogP) is 2.82. The minimum Gasteiger partial charge on any atom is -0.358 e. The number of hydrogen-bond acceptors (Lipinski definition) is 2. The van der Waals surface area contributed by atoms with Gasteiger partial charge in [0.05, 0.1) is 5.84 Å². The summed E-state index contributed by atoms with van der Waals surface area (Å²) in [6, 6.07) is 0. The summed E-state index contributed by atoms with van der Waals surface area (Å²) in [5.74, 6) is 2.27. The van der Waals surface area contributed by atoms with Crippen LogP contribution in [0.25, 0.3) is 0 Å². The molecule has 18 heavy (non-hydrogen) atoms. The molecule has 1 heterocycles. The molecule has 0 bridgehead atoms. The molecule has 2 aliphatic rings. The molecule has 2 rings (SSSR count). The van der Waals surface area contributed by atoms with Crippen LogP contribution in [0, 0.1) is 17.2 Å². The van der Waals surface area contributed by atoms with Crippen molar-refractivity contribution in [3.63, 3.8) is 0 Å². The number of hydrogen-bond donors (Lipinski definition) is 1. The summed E-state index contributed by atoms with van der Waals surface area (Å²) in [5, 5.41) is 8.39. The molecule has 1 N–H and O–H groups in total. The largest absolute Gasteiger partial charge is 0.358 e. The standard InChI is InChI=1S/C15H29N3/c1-13(2)12-17-8-10-18(11-9-17)15(16)14-6-4-3-5-7-14/h13-14,16H,3-12H2,1-2H3. The van der Waals surface area contributed by atoms with Gasteiger partial charge in [-0.1, -0.05) is 33.1 Å². The fourth-order valence-electron chi connectivity index (χ4n) is 3.32. The highest BCUT2D eigenvalue weighted by atomic mass is 15.3. The molecule has 0 radical (unpaired) electrons. The Balaban J connectivity index is 1.76. The van der Waals surface area contributed by atoms with E-state index in [1.807, 2.05) is 0 Å². The van der Waals surface area contributed by atoms with Crippen molar-refractivity contribution in [3.8, 4) is 0 Å². The molecule has 3 heteroatoms. The van der Waals surface area contributed by atoms with Gasteiger partial charge >= 0.3 is 0 Å². The van der Waals surface area contributed by atoms with Gasteiger partial charge in [0.15, 0.2) is 0 Å². The molecule has 2 fully saturated rings. The van der Waals surface area contributed by atoms with Gasteiger partial charge in [0.25, 0.3) is 0 Å². The Labute approximate surface area is 112 Å². The van der Waals surface area contributed by atoms with Crippen molar-refractivity contribution in [2.45, 2.75) is 46.0 Å². The molecule has 0 atom stereocenters. The van der Waals surface area contributed by atoms with E-state index >= 15 is 0 Å². The fourth-order valence-corrected chi connectivity index (χ4v) is 3.32. The third kappa shape index (κ3) is 3.71. The Kier molecular flexibility index (Phi) is 5.04. The molecule has 0 aromatic rings. The minimum absolute atomic E-state index is 0.565. The van der Waals surface area contributed by atoms with E-state index in [1.54, 1.807) is 0 Å². The quantitative estimate of drug-likeness (QED) is 0.617. The molecule has 0 aromatic carbocycles. The highest BCUT2D eigenvalue weighted by molar-refractivity contribution is 5.81. The second-order valence-corrected chi connectivity index (χ2v) is 6.40. The van der Waals surface area contributed by atoms with Crippen molar-refractivity contribution in [1.29, 1.82) is 5.41 Å². The summed E-state index contributed by atoms with van der Waals surface area (Å²) < 4.78 is 0. The Bertz CT molecular complexity index is 261. The molecule has 3 nitrogen and oxygen atoms in total. The van der Waals surface area contributed by atoms with Gasteiger partial charge in [-0.2, -0.15) is 0 Å².